The lowest BCUT2D eigenvalue weighted by molar-refractivity contribution is 0.283. The average Bonchev–Trinajstić information content (AvgIpc) is 2.45. The topological polar surface area (TPSA) is 36.4 Å². The summed E-state index contributed by atoms with van der Waals surface area (Å²) >= 11 is 0. The first-order chi connectivity index (χ1) is 9.67. The zero-order chi connectivity index (χ0) is 14.1. The van der Waals surface area contributed by atoms with Crippen LogP contribution in [-0.4, -0.2) is 23.2 Å². The van der Waals surface area contributed by atoms with Gasteiger partial charge in [0.15, 0.2) is 0 Å². The van der Waals surface area contributed by atoms with E-state index in [1.165, 1.54) is 6.42 Å². The molecule has 2 heterocycles. The van der Waals surface area contributed by atoms with Crippen LogP contribution in [0.15, 0.2) is 30.3 Å². The van der Waals surface area contributed by atoms with E-state index >= 15 is 0 Å². The van der Waals surface area contributed by atoms with Gasteiger partial charge in [0.05, 0.1) is 12.1 Å². The molecular weight excluding hydrogens is 248 g/mol. The van der Waals surface area contributed by atoms with Gasteiger partial charge in [-0.2, -0.15) is 0 Å². The van der Waals surface area contributed by atoms with Crippen LogP contribution in [0.4, 0.5) is 5.82 Å². The van der Waals surface area contributed by atoms with Crippen molar-refractivity contribution in [2.24, 2.45) is 11.8 Å². The van der Waals surface area contributed by atoms with E-state index in [1.54, 1.807) is 0 Å². The number of benzene rings is 1. The third-order valence-electron chi connectivity index (χ3n) is 4.15. The molecule has 0 saturated carbocycles. The summed E-state index contributed by atoms with van der Waals surface area (Å²) in [7, 11) is 0. The summed E-state index contributed by atoms with van der Waals surface area (Å²) in [4.78, 5) is 7.16. The number of para-hydroxylation sites is 1. The van der Waals surface area contributed by atoms with Crippen LogP contribution in [0.25, 0.3) is 10.9 Å². The Kier molecular flexibility index (Phi) is 3.62. The predicted molar refractivity (Wildman–Crippen MR) is 82.8 cm³/mol. The van der Waals surface area contributed by atoms with Crippen molar-refractivity contribution in [3.63, 3.8) is 0 Å². The average molecular weight is 270 g/mol. The summed E-state index contributed by atoms with van der Waals surface area (Å²) in [5.74, 6) is 2.40. The number of hydrogen-bond acceptors (Lipinski definition) is 3. The van der Waals surface area contributed by atoms with Crippen LogP contribution in [0.1, 0.15) is 25.8 Å². The molecule has 0 spiro atoms. The van der Waals surface area contributed by atoms with E-state index in [9.17, 15) is 5.11 Å². The molecule has 0 radical (unpaired) electrons. The standard InChI is InChI=1S/C17H22N2O/c1-12-7-13(2)10-19(9-12)17-8-14(11-20)15-5-3-4-6-16(15)18-17/h3-6,8,12-13,20H,7,9-11H2,1-2H3. The Hall–Kier alpha value is -1.61. The summed E-state index contributed by atoms with van der Waals surface area (Å²) in [6, 6.07) is 10.1. The molecule has 1 saturated heterocycles. The fourth-order valence-corrected chi connectivity index (χ4v) is 3.37. The Morgan fingerprint density at radius 1 is 1.20 bits per heavy atom. The number of rotatable bonds is 2. The van der Waals surface area contributed by atoms with Gasteiger partial charge in [0.1, 0.15) is 5.82 Å². The first-order valence-electron chi connectivity index (χ1n) is 7.42. The van der Waals surface area contributed by atoms with Gasteiger partial charge in [-0.1, -0.05) is 32.0 Å². The molecule has 2 atom stereocenters. The highest BCUT2D eigenvalue weighted by molar-refractivity contribution is 5.84. The molecule has 3 heteroatoms. The number of hydrogen-bond donors (Lipinski definition) is 1. The largest absolute Gasteiger partial charge is 0.392 e. The molecule has 3 rings (SSSR count). The fourth-order valence-electron chi connectivity index (χ4n) is 3.37. The van der Waals surface area contributed by atoms with Crippen LogP contribution in [0.3, 0.4) is 0 Å². The number of aromatic nitrogens is 1. The fraction of sp³-hybridized carbons (Fsp3) is 0.471. The highest BCUT2D eigenvalue weighted by Crippen LogP contribution is 2.28. The van der Waals surface area contributed by atoms with Crippen molar-refractivity contribution in [2.75, 3.05) is 18.0 Å². The second-order valence-corrected chi connectivity index (χ2v) is 6.17. The second-order valence-electron chi connectivity index (χ2n) is 6.17. The molecule has 0 bridgehead atoms. The maximum Gasteiger partial charge on any atom is 0.129 e. The highest BCUT2D eigenvalue weighted by atomic mass is 16.3. The third-order valence-corrected chi connectivity index (χ3v) is 4.15. The smallest absolute Gasteiger partial charge is 0.129 e. The summed E-state index contributed by atoms with van der Waals surface area (Å²) in [6.07, 6.45) is 1.29. The lowest BCUT2D eigenvalue weighted by Crippen LogP contribution is -2.39. The zero-order valence-electron chi connectivity index (χ0n) is 12.2. The molecular formula is C17H22N2O. The minimum atomic E-state index is 0.0645. The van der Waals surface area contributed by atoms with Crippen molar-refractivity contribution in [1.82, 2.24) is 4.98 Å². The van der Waals surface area contributed by atoms with E-state index in [2.05, 4.69) is 18.7 Å². The third kappa shape index (κ3) is 2.50. The van der Waals surface area contributed by atoms with Gasteiger partial charge in [0, 0.05) is 18.5 Å². The van der Waals surface area contributed by atoms with Gasteiger partial charge in [-0.15, -0.1) is 0 Å². The van der Waals surface area contributed by atoms with Crippen molar-refractivity contribution in [1.29, 1.82) is 0 Å². The second kappa shape index (κ2) is 5.41. The molecule has 106 valence electrons. The SMILES string of the molecule is CC1CC(C)CN(c2cc(CO)c3ccccc3n2)C1. The minimum Gasteiger partial charge on any atom is -0.392 e. The van der Waals surface area contributed by atoms with Crippen LogP contribution in [0.2, 0.25) is 0 Å². The van der Waals surface area contributed by atoms with Crippen LogP contribution in [-0.2, 0) is 6.61 Å². The first-order valence-corrected chi connectivity index (χ1v) is 7.42. The number of anilines is 1. The molecule has 1 N–H and O–H groups in total. The molecule has 1 fully saturated rings. The molecule has 1 aromatic carbocycles. The van der Waals surface area contributed by atoms with Crippen molar-refractivity contribution in [3.8, 4) is 0 Å². The quantitative estimate of drug-likeness (QED) is 0.910. The van der Waals surface area contributed by atoms with Crippen molar-refractivity contribution in [2.45, 2.75) is 26.9 Å². The van der Waals surface area contributed by atoms with Gasteiger partial charge >= 0.3 is 0 Å². The maximum absolute atomic E-state index is 9.62. The van der Waals surface area contributed by atoms with Crippen LogP contribution >= 0.6 is 0 Å². The van der Waals surface area contributed by atoms with Gasteiger partial charge in [0.25, 0.3) is 0 Å². The molecule has 1 aromatic heterocycles. The zero-order valence-corrected chi connectivity index (χ0v) is 12.2. The predicted octanol–water partition coefficient (Wildman–Crippen LogP) is 3.21. The number of piperidine rings is 1. The lowest BCUT2D eigenvalue weighted by atomic mass is 9.92. The molecule has 3 nitrogen and oxygen atoms in total. The molecule has 2 unspecified atom stereocenters. The Bertz CT molecular complexity index is 601. The van der Waals surface area contributed by atoms with Gasteiger partial charge in [-0.25, -0.2) is 4.98 Å². The normalized spacial score (nSPS) is 23.2. The minimum absolute atomic E-state index is 0.0645. The maximum atomic E-state index is 9.62. The van der Waals surface area contributed by atoms with E-state index in [4.69, 9.17) is 4.98 Å². The number of aliphatic hydroxyl groups is 1. The van der Waals surface area contributed by atoms with E-state index in [0.717, 1.165) is 35.4 Å². The van der Waals surface area contributed by atoms with Crippen molar-refractivity contribution >= 4 is 16.7 Å². The lowest BCUT2D eigenvalue weighted by Gasteiger charge is -2.36. The monoisotopic (exact) mass is 270 g/mol. The van der Waals surface area contributed by atoms with E-state index < -0.39 is 0 Å². The summed E-state index contributed by atoms with van der Waals surface area (Å²) in [6.45, 7) is 6.78. The Morgan fingerprint density at radius 3 is 2.60 bits per heavy atom. The molecule has 0 aliphatic carbocycles. The van der Waals surface area contributed by atoms with Gasteiger partial charge in [-0.3, -0.25) is 0 Å². The van der Waals surface area contributed by atoms with Gasteiger partial charge in [0.2, 0.25) is 0 Å². The van der Waals surface area contributed by atoms with E-state index in [-0.39, 0.29) is 6.61 Å². The van der Waals surface area contributed by atoms with Crippen molar-refractivity contribution < 1.29 is 5.11 Å². The Morgan fingerprint density at radius 2 is 1.90 bits per heavy atom. The van der Waals surface area contributed by atoms with Gasteiger partial charge in [-0.05, 0) is 36.0 Å². The van der Waals surface area contributed by atoms with Crippen LogP contribution < -0.4 is 4.90 Å². The van der Waals surface area contributed by atoms with Crippen molar-refractivity contribution in [3.05, 3.63) is 35.9 Å². The molecule has 1 aliphatic rings. The van der Waals surface area contributed by atoms with E-state index in [0.29, 0.717) is 11.8 Å². The summed E-state index contributed by atoms with van der Waals surface area (Å²) < 4.78 is 0. The Balaban J connectivity index is 2.03. The molecule has 1 aliphatic heterocycles. The van der Waals surface area contributed by atoms with Crippen LogP contribution in [0, 0.1) is 11.8 Å². The van der Waals surface area contributed by atoms with Crippen LogP contribution in [0.5, 0.6) is 0 Å². The highest BCUT2D eigenvalue weighted by Gasteiger charge is 2.23. The van der Waals surface area contributed by atoms with E-state index in [1.807, 2.05) is 30.3 Å². The molecule has 0 amide bonds. The number of pyridine rings is 1. The van der Waals surface area contributed by atoms with Gasteiger partial charge < -0.3 is 10.0 Å². The number of nitrogens with zero attached hydrogens (tertiary/aromatic N) is 2. The molecule has 2 aromatic rings. The number of fused-ring (bicyclic) bond motifs is 1. The number of aliphatic hydroxyl groups excluding tert-OH is 1. The summed E-state index contributed by atoms with van der Waals surface area (Å²) in [5.41, 5.74) is 1.94. The Labute approximate surface area is 120 Å². The first kappa shape index (κ1) is 13.4. The summed E-state index contributed by atoms with van der Waals surface area (Å²) in [5, 5.41) is 10.7. The molecule has 20 heavy (non-hydrogen) atoms.